The van der Waals surface area contributed by atoms with E-state index >= 15 is 0 Å². The number of benzene rings is 5. The molecule has 17 heteroatoms. The van der Waals surface area contributed by atoms with Gasteiger partial charge in [-0.05, 0) is 104 Å². The molecule has 0 fully saturated rings. The molecular weight excluding hydrogens is 2030 g/mol. The fraction of sp³-hybridized carbons (Fsp3) is 0.213. The molecule has 5 radical (unpaired) electrons. The third-order valence-electron chi connectivity index (χ3n) is 13.9. The summed E-state index contributed by atoms with van der Waals surface area (Å²) in [7, 11) is 1.86. The molecule has 8 heterocycles. The van der Waals surface area contributed by atoms with Crippen LogP contribution >= 0.6 is 0 Å². The Labute approximate surface area is 609 Å². The van der Waals surface area contributed by atoms with Gasteiger partial charge in [-0.15, -0.1) is 130 Å². The van der Waals surface area contributed by atoms with Crippen LogP contribution in [0.3, 0.4) is 0 Å². The maximum absolute atomic E-state index is 9.76. The number of pyridine rings is 7. The van der Waals surface area contributed by atoms with Crippen molar-refractivity contribution in [3.05, 3.63) is 260 Å². The Morgan fingerprint density at radius 3 is 1.36 bits per heavy atom. The van der Waals surface area contributed by atoms with E-state index in [-0.39, 0.29) is 111 Å². The smallest absolute Gasteiger partial charge is 0.0942 e. The molecule has 0 aliphatic heterocycles. The third kappa shape index (κ3) is 23.8. The molecule has 8 aromatic heterocycles. The minimum Gasteiger partial charge on any atom is -0.392 e. The predicted molar refractivity (Wildman–Crippen MR) is 352 cm³/mol. The number of aliphatic hydroxyl groups excluding tert-OH is 2. The molecule has 2 atom stereocenters. The molecule has 0 aliphatic carbocycles. The summed E-state index contributed by atoms with van der Waals surface area (Å²) in [6.45, 7) is 20.1. The zero-order valence-electron chi connectivity index (χ0n) is 53.0. The maximum atomic E-state index is 9.76. The Kier molecular flexibility index (Phi) is 33.5. The van der Waals surface area contributed by atoms with Crippen LogP contribution in [0.4, 0.5) is 0 Å². The molecule has 13 aromatic rings. The summed E-state index contributed by atoms with van der Waals surface area (Å²) in [6.07, 6.45) is 14.0. The van der Waals surface area contributed by atoms with Gasteiger partial charge in [0.2, 0.25) is 0 Å². The predicted octanol–water partition coefficient (Wildman–Crippen LogP) is 16.0. The second-order valence-corrected chi connectivity index (χ2v) is 23.2. The largest absolute Gasteiger partial charge is 0.392 e. The number of aliphatic hydroxyl groups is 2. The summed E-state index contributed by atoms with van der Waals surface area (Å²) in [4.78, 5) is 30.2. The van der Waals surface area contributed by atoms with Crippen molar-refractivity contribution >= 4 is 43.6 Å². The molecule has 2 N–H and O–H groups in total. The van der Waals surface area contributed by atoms with Gasteiger partial charge >= 0.3 is 0 Å². The first-order valence-electron chi connectivity index (χ1n) is 28.8. The second-order valence-electron chi connectivity index (χ2n) is 23.2. The van der Waals surface area contributed by atoms with Crippen molar-refractivity contribution in [1.29, 1.82) is 0 Å². The zero-order valence-corrected chi connectivity index (χ0v) is 65.0. The van der Waals surface area contributed by atoms with E-state index in [1.807, 2.05) is 214 Å². The van der Waals surface area contributed by atoms with Crippen LogP contribution in [-0.2, 0) is 108 Å². The van der Waals surface area contributed by atoms with Crippen LogP contribution in [0.25, 0.3) is 88.6 Å². The number of hydrogen-bond donors (Lipinski definition) is 2. The Morgan fingerprint density at radius 2 is 0.902 bits per heavy atom. The topological polar surface area (TPSA) is 161 Å². The Hall–Kier alpha value is -6.50. The van der Waals surface area contributed by atoms with E-state index in [2.05, 4.69) is 115 Å². The van der Waals surface area contributed by atoms with Crippen molar-refractivity contribution < 1.29 is 111 Å². The molecule has 0 aliphatic rings. The van der Waals surface area contributed by atoms with Crippen LogP contribution in [0.2, 0.25) is 0 Å². The van der Waals surface area contributed by atoms with E-state index in [1.54, 1.807) is 35.7 Å². The van der Waals surface area contributed by atoms with E-state index in [0.717, 1.165) is 88.6 Å². The van der Waals surface area contributed by atoms with Crippen LogP contribution in [-0.4, -0.2) is 72.3 Å². The minimum atomic E-state index is -0.443. The number of rotatable bonds is 6. The van der Waals surface area contributed by atoms with Crippen LogP contribution in [0.1, 0.15) is 70.2 Å². The number of fused-ring (bicyclic) bond motifs is 6. The first kappa shape index (κ1) is 79.7. The molecule has 0 saturated carbocycles. The van der Waals surface area contributed by atoms with Gasteiger partial charge in [0.05, 0.1) is 24.1 Å². The van der Waals surface area contributed by atoms with E-state index in [9.17, 15) is 10.2 Å². The minimum absolute atomic E-state index is 0. The van der Waals surface area contributed by atoms with E-state index in [1.165, 1.54) is 22.3 Å². The van der Waals surface area contributed by atoms with Crippen LogP contribution in [0.15, 0.2) is 207 Å². The van der Waals surface area contributed by atoms with Gasteiger partial charge in [0.15, 0.2) is 0 Å². The van der Waals surface area contributed by atoms with Gasteiger partial charge in [0.25, 0.3) is 0 Å². The van der Waals surface area contributed by atoms with Crippen LogP contribution in [0.5, 0.6) is 0 Å². The quantitative estimate of drug-likeness (QED) is 0.120. The number of hydrogen-bond acceptors (Lipinski definition) is 11. The summed E-state index contributed by atoms with van der Waals surface area (Å²) in [5.41, 5.74) is 16.2. The Balaban J connectivity index is 0.000000287. The van der Waals surface area contributed by atoms with Crippen molar-refractivity contribution in [2.24, 2.45) is 17.9 Å². The van der Waals surface area contributed by atoms with Crippen molar-refractivity contribution in [3.8, 4) is 45.0 Å². The van der Waals surface area contributed by atoms with Gasteiger partial charge in [0.1, 0.15) is 0 Å². The molecule has 13 rings (SSSR count). The number of aromatic nitrogens is 10. The molecule has 0 amide bonds. The van der Waals surface area contributed by atoms with E-state index in [0.29, 0.717) is 6.42 Å². The molecular formula is C75H73Ir5N10O2-5. The number of nitrogens with zero attached hydrogens (tertiary/aromatic N) is 10. The number of aryl methyl sites for hydroxylation is 5. The van der Waals surface area contributed by atoms with Crippen molar-refractivity contribution in [2.45, 2.75) is 87.9 Å². The zero-order chi connectivity index (χ0) is 61.9. The summed E-state index contributed by atoms with van der Waals surface area (Å²) in [5, 5.41) is 31.8. The standard InChI is InChI=1S/C15H13N4.C13H12N.2C12H7N2.C12H10N.C11H24O2.5Ir/c1-11-6-7-16-14(8-11)12-4-3-5-13(9-12)15-10-19(2)18-17-15;1-10-4-3-5-12(8-10)13-7-6-11(2)9-14-13;2*1-3-9-5-6-11-10(4-2-7-13-11)12(9)14-8-1;1-10-5-4-6-11(9-10)12-7-2-3-8-13-12;1-10(2,3)8(12)7-9(13)11(4,5)6;;;;;/h3,5-10H,1-2H3;3-4,6-9H,1-2H3;2*1-3,5-8H;2-5,7-9H,1H3;8-9,12-13H,7H2,1-6H3;;;;;/q5*-1;;;;;;. The summed E-state index contributed by atoms with van der Waals surface area (Å²) in [6, 6.07) is 67.6. The normalized spacial score (nSPS) is 11.1. The van der Waals surface area contributed by atoms with Gasteiger partial charge in [0, 0.05) is 145 Å². The van der Waals surface area contributed by atoms with Gasteiger partial charge in [-0.25, -0.2) is 0 Å². The van der Waals surface area contributed by atoms with Crippen LogP contribution < -0.4 is 0 Å². The van der Waals surface area contributed by atoms with Crippen molar-refractivity contribution in [2.75, 3.05) is 0 Å². The van der Waals surface area contributed by atoms with Gasteiger partial charge in [-0.2, -0.15) is 0 Å². The summed E-state index contributed by atoms with van der Waals surface area (Å²) >= 11 is 0. The molecule has 2 unspecified atom stereocenters. The molecule has 0 saturated heterocycles. The molecule has 92 heavy (non-hydrogen) atoms. The van der Waals surface area contributed by atoms with E-state index in [4.69, 9.17) is 0 Å². The van der Waals surface area contributed by atoms with Gasteiger partial charge in [-0.3, -0.25) is 4.68 Å². The Morgan fingerprint density at radius 1 is 0.413 bits per heavy atom. The fourth-order valence-corrected chi connectivity index (χ4v) is 8.71. The van der Waals surface area contributed by atoms with Crippen molar-refractivity contribution in [3.63, 3.8) is 0 Å². The third-order valence-corrected chi connectivity index (χ3v) is 13.9. The molecule has 0 spiro atoms. The first-order chi connectivity index (χ1) is 41.8. The van der Waals surface area contributed by atoms with Crippen LogP contribution in [0, 0.1) is 68.9 Å². The molecule has 12 nitrogen and oxygen atoms in total. The summed E-state index contributed by atoms with van der Waals surface area (Å²) in [5.74, 6) is 0. The van der Waals surface area contributed by atoms with Gasteiger partial charge in [-0.1, -0.05) is 162 Å². The molecule has 485 valence electrons. The molecule has 0 bridgehead atoms. The Bertz CT molecular complexity index is 4080. The SMILES string of the molecule is CC(C)(C)C(O)CC(O)C(C)(C)C.Cc1cc[c-]c(-c2ccccn2)c1.Cc1ccc(-c2[c-]ccc(C)c2)nc1.Cc1ccnc(-c2[c-]ccc(-c3cn(C)nn3)c2)c1.[Ir].[Ir].[Ir].[Ir].[Ir].[c-]1ccnc2ccc3cccnc3c12.[c-]1ccnc2ccc3cccnc3c12. The first-order valence-corrected chi connectivity index (χ1v) is 28.8. The van der Waals surface area contributed by atoms with Gasteiger partial charge < -0.3 is 45.1 Å². The average molecular weight is 2110 g/mol. The average Bonchev–Trinajstić information content (AvgIpc) is 0.937. The maximum Gasteiger partial charge on any atom is 0.0942 e. The second kappa shape index (κ2) is 38.6. The fourth-order valence-electron chi connectivity index (χ4n) is 8.71. The summed E-state index contributed by atoms with van der Waals surface area (Å²) < 4.78 is 1.69. The molecule has 5 aromatic carbocycles. The van der Waals surface area contributed by atoms with Crippen molar-refractivity contribution in [1.82, 2.24) is 49.9 Å². The van der Waals surface area contributed by atoms with E-state index < -0.39 is 12.2 Å². The monoisotopic (exact) mass is 2110 g/mol.